The standard InChI is InChI=1S/C24H31N5O3S3/c1-4-5-6-14-29(24-25-13-16-34-24)35(31,32)21-11-9-20(10-12-21)28-22(30)8-7-15-33-23-26-18(2)17-19(3)27-23/h9-13,16-17H,4-8,14-15H2,1-3H3,(H,28,30). The smallest absolute Gasteiger partial charge is 0.266 e. The number of unbranched alkanes of at least 4 members (excludes halogenated alkanes) is 2. The van der Waals surface area contributed by atoms with Crippen LogP contribution in [0.1, 0.15) is 50.4 Å². The number of thiazole rings is 1. The number of nitrogens with one attached hydrogen (secondary N) is 1. The van der Waals surface area contributed by atoms with Crippen LogP contribution < -0.4 is 9.62 Å². The maximum atomic E-state index is 13.3. The van der Waals surface area contributed by atoms with Gasteiger partial charge in [0.05, 0.1) is 4.90 Å². The van der Waals surface area contributed by atoms with E-state index in [1.807, 2.05) is 19.9 Å². The van der Waals surface area contributed by atoms with Gasteiger partial charge in [-0.25, -0.2) is 27.7 Å². The van der Waals surface area contributed by atoms with Crippen LogP contribution in [-0.2, 0) is 14.8 Å². The summed E-state index contributed by atoms with van der Waals surface area (Å²) in [5.41, 5.74) is 2.42. The molecular formula is C24H31N5O3S3. The van der Waals surface area contributed by atoms with Crippen molar-refractivity contribution in [2.45, 2.75) is 62.9 Å². The average Bonchev–Trinajstić information content (AvgIpc) is 3.33. The lowest BCUT2D eigenvalue weighted by atomic mass is 10.2. The highest BCUT2D eigenvalue weighted by Gasteiger charge is 2.26. The average molecular weight is 534 g/mol. The zero-order valence-electron chi connectivity index (χ0n) is 20.2. The van der Waals surface area contributed by atoms with Crippen molar-refractivity contribution in [3.8, 4) is 0 Å². The number of rotatable bonds is 13. The van der Waals surface area contributed by atoms with Crippen molar-refractivity contribution in [1.82, 2.24) is 15.0 Å². The molecule has 0 atom stereocenters. The number of carbonyl (C=O) groups is 1. The summed E-state index contributed by atoms with van der Waals surface area (Å²) in [6.07, 6.45) is 5.34. The molecule has 0 aliphatic carbocycles. The summed E-state index contributed by atoms with van der Waals surface area (Å²) in [6, 6.07) is 8.22. The van der Waals surface area contributed by atoms with Crippen LogP contribution >= 0.6 is 23.1 Å². The molecule has 0 aliphatic rings. The lowest BCUT2D eigenvalue weighted by molar-refractivity contribution is -0.116. The number of aryl methyl sites for hydroxylation is 2. The van der Waals surface area contributed by atoms with Crippen molar-refractivity contribution in [2.24, 2.45) is 0 Å². The summed E-state index contributed by atoms with van der Waals surface area (Å²) in [6.45, 7) is 6.33. The minimum Gasteiger partial charge on any atom is -0.326 e. The third-order valence-electron chi connectivity index (χ3n) is 5.06. The monoisotopic (exact) mass is 533 g/mol. The molecule has 8 nitrogen and oxygen atoms in total. The second-order valence-corrected chi connectivity index (χ2v) is 11.9. The molecule has 0 bridgehead atoms. The second kappa shape index (κ2) is 13.0. The highest BCUT2D eigenvalue weighted by Crippen LogP contribution is 2.27. The van der Waals surface area contributed by atoms with Crippen molar-refractivity contribution in [3.05, 3.63) is 53.3 Å². The Bertz CT molecular complexity index is 1180. The van der Waals surface area contributed by atoms with Gasteiger partial charge in [-0.1, -0.05) is 31.5 Å². The van der Waals surface area contributed by atoms with Crippen molar-refractivity contribution in [2.75, 3.05) is 21.9 Å². The highest BCUT2D eigenvalue weighted by atomic mass is 32.2. The number of nitrogens with zero attached hydrogens (tertiary/aromatic N) is 4. The third kappa shape index (κ3) is 8.01. The SMILES string of the molecule is CCCCCN(c1nccs1)S(=O)(=O)c1ccc(NC(=O)CCCSc2nc(C)cc(C)n2)cc1. The topological polar surface area (TPSA) is 105 Å². The molecule has 3 rings (SSSR count). The molecule has 0 saturated heterocycles. The maximum Gasteiger partial charge on any atom is 0.266 e. The molecule has 0 aliphatic heterocycles. The summed E-state index contributed by atoms with van der Waals surface area (Å²) >= 11 is 2.83. The molecule has 11 heteroatoms. The van der Waals surface area contributed by atoms with E-state index in [1.165, 1.54) is 39.5 Å². The molecule has 0 saturated carbocycles. The molecule has 0 radical (unpaired) electrons. The number of anilines is 2. The van der Waals surface area contributed by atoms with Crippen LogP contribution in [-0.4, -0.2) is 41.6 Å². The van der Waals surface area contributed by atoms with Crippen molar-refractivity contribution < 1.29 is 13.2 Å². The van der Waals surface area contributed by atoms with E-state index in [4.69, 9.17) is 0 Å². The molecule has 2 heterocycles. The number of amides is 1. The molecule has 0 unspecified atom stereocenters. The minimum atomic E-state index is -3.75. The van der Waals surface area contributed by atoms with Gasteiger partial charge < -0.3 is 5.32 Å². The van der Waals surface area contributed by atoms with Crippen LogP contribution in [0.15, 0.2) is 52.0 Å². The van der Waals surface area contributed by atoms with Crippen molar-refractivity contribution in [1.29, 1.82) is 0 Å². The molecule has 188 valence electrons. The van der Waals surface area contributed by atoms with Gasteiger partial charge in [0.15, 0.2) is 10.3 Å². The van der Waals surface area contributed by atoms with E-state index in [9.17, 15) is 13.2 Å². The first-order valence-corrected chi connectivity index (χ1v) is 14.9. The van der Waals surface area contributed by atoms with E-state index < -0.39 is 10.0 Å². The van der Waals surface area contributed by atoms with Gasteiger partial charge in [-0.3, -0.25) is 4.79 Å². The number of aromatic nitrogens is 3. The molecular weight excluding hydrogens is 502 g/mol. The Morgan fingerprint density at radius 1 is 1.09 bits per heavy atom. The summed E-state index contributed by atoms with van der Waals surface area (Å²) in [5.74, 6) is 0.615. The molecule has 1 aromatic carbocycles. The van der Waals surface area contributed by atoms with Crippen LogP contribution in [0.5, 0.6) is 0 Å². The summed E-state index contributed by atoms with van der Waals surface area (Å²) < 4.78 is 27.9. The molecule has 1 N–H and O–H groups in total. The van der Waals surface area contributed by atoms with Gasteiger partial charge in [-0.05, 0) is 57.0 Å². The summed E-state index contributed by atoms with van der Waals surface area (Å²) in [5, 5.41) is 5.79. The fourth-order valence-corrected chi connectivity index (χ4v) is 6.62. The van der Waals surface area contributed by atoms with Crippen LogP contribution in [0, 0.1) is 13.8 Å². The Morgan fingerprint density at radius 2 is 1.80 bits per heavy atom. The summed E-state index contributed by atoms with van der Waals surface area (Å²) in [4.78, 5) is 25.5. The molecule has 0 fully saturated rings. The maximum absolute atomic E-state index is 13.3. The van der Waals surface area contributed by atoms with Gasteiger partial charge in [0.2, 0.25) is 5.91 Å². The zero-order chi connectivity index (χ0) is 25.3. The first kappa shape index (κ1) is 27.1. The normalized spacial score (nSPS) is 11.4. The van der Waals surface area contributed by atoms with Gasteiger partial charge in [-0.15, -0.1) is 11.3 Å². The Labute approximate surface area is 215 Å². The Balaban J connectivity index is 1.54. The molecule has 2 aromatic heterocycles. The molecule has 1 amide bonds. The van der Waals surface area contributed by atoms with Gasteiger partial charge in [-0.2, -0.15) is 0 Å². The Morgan fingerprint density at radius 3 is 2.43 bits per heavy atom. The number of benzene rings is 1. The fraction of sp³-hybridized carbons (Fsp3) is 0.417. The number of hydrogen-bond acceptors (Lipinski definition) is 8. The Kier molecular flexibility index (Phi) is 10.1. The van der Waals surface area contributed by atoms with Crippen LogP contribution in [0.3, 0.4) is 0 Å². The fourth-order valence-electron chi connectivity index (χ4n) is 3.38. The van der Waals surface area contributed by atoms with Crippen LogP contribution in [0.4, 0.5) is 10.8 Å². The number of hydrogen-bond donors (Lipinski definition) is 1. The minimum absolute atomic E-state index is 0.119. The van der Waals surface area contributed by atoms with E-state index in [2.05, 4.69) is 27.2 Å². The summed E-state index contributed by atoms with van der Waals surface area (Å²) in [7, 11) is -3.75. The first-order chi connectivity index (χ1) is 16.8. The van der Waals surface area contributed by atoms with Crippen molar-refractivity contribution in [3.63, 3.8) is 0 Å². The highest BCUT2D eigenvalue weighted by molar-refractivity contribution is 7.99. The van der Waals surface area contributed by atoms with Crippen molar-refractivity contribution >= 4 is 49.8 Å². The van der Waals surface area contributed by atoms with Gasteiger partial charge >= 0.3 is 0 Å². The van der Waals surface area contributed by atoms with Crippen LogP contribution in [0.2, 0.25) is 0 Å². The predicted molar refractivity (Wildman–Crippen MR) is 143 cm³/mol. The molecule has 0 spiro atoms. The van der Waals surface area contributed by atoms with E-state index in [0.717, 1.165) is 41.6 Å². The lowest BCUT2D eigenvalue weighted by Gasteiger charge is -2.21. The van der Waals surface area contributed by atoms with E-state index in [1.54, 1.807) is 23.7 Å². The second-order valence-electron chi connectivity index (χ2n) is 8.06. The quantitative estimate of drug-likeness (QED) is 0.177. The van der Waals surface area contributed by atoms with Gasteiger partial charge in [0.1, 0.15) is 0 Å². The number of carbonyl (C=O) groups excluding carboxylic acids is 1. The van der Waals surface area contributed by atoms with Gasteiger partial charge in [0, 0.05) is 47.4 Å². The molecule has 3 aromatic rings. The van der Waals surface area contributed by atoms with Crippen LogP contribution in [0.25, 0.3) is 0 Å². The van der Waals surface area contributed by atoms with E-state index in [-0.39, 0.29) is 10.8 Å². The van der Waals surface area contributed by atoms with E-state index in [0.29, 0.717) is 30.2 Å². The Hall–Kier alpha value is -2.50. The zero-order valence-corrected chi connectivity index (χ0v) is 22.7. The lowest BCUT2D eigenvalue weighted by Crippen LogP contribution is -2.32. The van der Waals surface area contributed by atoms with Gasteiger partial charge in [0.25, 0.3) is 10.0 Å². The molecule has 35 heavy (non-hydrogen) atoms. The number of sulfonamides is 1. The number of thioether (sulfide) groups is 1. The predicted octanol–water partition coefficient (Wildman–Crippen LogP) is 5.45. The largest absolute Gasteiger partial charge is 0.326 e. The first-order valence-electron chi connectivity index (χ1n) is 11.6. The van der Waals surface area contributed by atoms with E-state index >= 15 is 0 Å². The third-order valence-corrected chi connectivity index (χ3v) is 8.71.